The molecule has 0 radical (unpaired) electrons. The number of hydrogen-bond acceptors (Lipinski definition) is 2. The zero-order chi connectivity index (χ0) is 15.3. The van der Waals surface area contributed by atoms with Gasteiger partial charge in [-0.1, -0.05) is 25.7 Å². The first-order valence-electron chi connectivity index (χ1n) is 6.64. The lowest BCUT2D eigenvalue weighted by molar-refractivity contribution is 0.0706. The molecule has 108 valence electrons. The SMILES string of the molecule is CC(C)C(C)N(C)C(=O)c1cc(F)ccc1C#CCN. The molecule has 1 aromatic rings. The maximum atomic E-state index is 13.4. The minimum absolute atomic E-state index is 0.0566. The van der Waals surface area contributed by atoms with Crippen LogP contribution in [-0.4, -0.2) is 30.4 Å². The van der Waals surface area contributed by atoms with Crippen LogP contribution in [0, 0.1) is 23.6 Å². The van der Waals surface area contributed by atoms with Crippen molar-refractivity contribution in [2.45, 2.75) is 26.8 Å². The number of halogens is 1. The molecule has 0 fully saturated rings. The normalized spacial score (nSPS) is 11.8. The van der Waals surface area contributed by atoms with Crippen LogP contribution in [-0.2, 0) is 0 Å². The maximum absolute atomic E-state index is 13.4. The van der Waals surface area contributed by atoms with E-state index < -0.39 is 5.82 Å². The number of hydrogen-bond donors (Lipinski definition) is 1. The maximum Gasteiger partial charge on any atom is 0.255 e. The predicted molar refractivity (Wildman–Crippen MR) is 78.7 cm³/mol. The third-order valence-electron chi connectivity index (χ3n) is 3.43. The van der Waals surface area contributed by atoms with Gasteiger partial charge in [-0.25, -0.2) is 4.39 Å². The number of carbonyl (C=O) groups excluding carboxylic acids is 1. The van der Waals surface area contributed by atoms with Gasteiger partial charge in [0, 0.05) is 18.7 Å². The van der Waals surface area contributed by atoms with E-state index in [-0.39, 0.29) is 24.1 Å². The molecule has 0 spiro atoms. The molecule has 20 heavy (non-hydrogen) atoms. The lowest BCUT2D eigenvalue weighted by Gasteiger charge is -2.28. The molecule has 0 bridgehead atoms. The van der Waals surface area contributed by atoms with Gasteiger partial charge in [0.05, 0.1) is 12.1 Å². The van der Waals surface area contributed by atoms with E-state index in [0.29, 0.717) is 11.5 Å². The fraction of sp³-hybridized carbons (Fsp3) is 0.438. The number of carbonyl (C=O) groups is 1. The molecule has 1 amide bonds. The van der Waals surface area contributed by atoms with Gasteiger partial charge in [-0.05, 0) is 31.0 Å². The largest absolute Gasteiger partial charge is 0.339 e. The van der Waals surface area contributed by atoms with Crippen LogP contribution in [0.25, 0.3) is 0 Å². The smallest absolute Gasteiger partial charge is 0.255 e. The second kappa shape index (κ2) is 7.06. The second-order valence-corrected chi connectivity index (χ2v) is 5.10. The molecule has 0 aromatic heterocycles. The Hall–Kier alpha value is -1.86. The van der Waals surface area contributed by atoms with Crippen molar-refractivity contribution in [2.75, 3.05) is 13.6 Å². The molecular formula is C16H21FN2O. The summed E-state index contributed by atoms with van der Waals surface area (Å²) in [5.74, 6) is 5.15. The molecule has 1 unspecified atom stereocenters. The molecular weight excluding hydrogens is 255 g/mol. The van der Waals surface area contributed by atoms with E-state index in [2.05, 4.69) is 11.8 Å². The summed E-state index contributed by atoms with van der Waals surface area (Å²) < 4.78 is 13.4. The van der Waals surface area contributed by atoms with E-state index in [1.54, 1.807) is 11.9 Å². The van der Waals surface area contributed by atoms with Gasteiger partial charge in [0.25, 0.3) is 5.91 Å². The molecule has 0 aliphatic carbocycles. The Morgan fingerprint density at radius 3 is 2.60 bits per heavy atom. The van der Waals surface area contributed by atoms with E-state index in [1.807, 2.05) is 20.8 Å². The zero-order valence-corrected chi connectivity index (χ0v) is 12.4. The molecule has 1 atom stereocenters. The molecule has 3 nitrogen and oxygen atoms in total. The van der Waals surface area contributed by atoms with Gasteiger partial charge >= 0.3 is 0 Å². The Balaban J connectivity index is 3.17. The van der Waals surface area contributed by atoms with Crippen molar-refractivity contribution < 1.29 is 9.18 Å². The Morgan fingerprint density at radius 1 is 1.40 bits per heavy atom. The van der Waals surface area contributed by atoms with Crippen LogP contribution < -0.4 is 5.73 Å². The van der Waals surface area contributed by atoms with Gasteiger partial charge in [-0.15, -0.1) is 0 Å². The summed E-state index contributed by atoms with van der Waals surface area (Å²) >= 11 is 0. The lowest BCUT2D eigenvalue weighted by Crippen LogP contribution is -2.38. The summed E-state index contributed by atoms with van der Waals surface area (Å²) in [4.78, 5) is 14.1. The van der Waals surface area contributed by atoms with Crippen LogP contribution in [0.4, 0.5) is 4.39 Å². The van der Waals surface area contributed by atoms with Crippen molar-refractivity contribution >= 4 is 5.91 Å². The molecule has 0 aliphatic rings. The molecule has 0 heterocycles. The Bertz CT molecular complexity index is 543. The minimum Gasteiger partial charge on any atom is -0.339 e. The molecule has 0 aliphatic heterocycles. The van der Waals surface area contributed by atoms with Gasteiger partial charge < -0.3 is 10.6 Å². The highest BCUT2D eigenvalue weighted by Gasteiger charge is 2.22. The zero-order valence-electron chi connectivity index (χ0n) is 12.4. The summed E-state index contributed by atoms with van der Waals surface area (Å²) in [6, 6.07) is 4.09. The topological polar surface area (TPSA) is 46.3 Å². The van der Waals surface area contributed by atoms with E-state index in [4.69, 9.17) is 5.73 Å². The lowest BCUT2D eigenvalue weighted by atomic mass is 10.0. The summed E-state index contributed by atoms with van der Waals surface area (Å²) in [5, 5.41) is 0. The van der Waals surface area contributed by atoms with E-state index in [1.165, 1.54) is 18.2 Å². The molecule has 2 N–H and O–H groups in total. The standard InChI is InChI=1S/C16H21FN2O/c1-11(2)12(3)19(4)16(20)15-10-14(17)8-7-13(15)6-5-9-18/h7-8,10-12H,9,18H2,1-4H3. The van der Waals surface area contributed by atoms with Crippen molar-refractivity contribution in [1.82, 2.24) is 4.90 Å². The fourth-order valence-corrected chi connectivity index (χ4v) is 1.77. The van der Waals surface area contributed by atoms with E-state index in [9.17, 15) is 9.18 Å². The molecule has 1 rings (SSSR count). The fourth-order valence-electron chi connectivity index (χ4n) is 1.77. The molecule has 4 heteroatoms. The van der Waals surface area contributed by atoms with Gasteiger partial charge in [0.1, 0.15) is 5.82 Å². The highest BCUT2D eigenvalue weighted by molar-refractivity contribution is 5.96. The average Bonchev–Trinajstić information content (AvgIpc) is 2.43. The van der Waals surface area contributed by atoms with Crippen molar-refractivity contribution in [3.63, 3.8) is 0 Å². The summed E-state index contributed by atoms with van der Waals surface area (Å²) in [7, 11) is 1.72. The van der Waals surface area contributed by atoms with Gasteiger partial charge in [0.15, 0.2) is 0 Å². The quantitative estimate of drug-likeness (QED) is 0.861. The number of rotatable bonds is 3. The third-order valence-corrected chi connectivity index (χ3v) is 3.43. The third kappa shape index (κ3) is 3.82. The molecule has 1 aromatic carbocycles. The Morgan fingerprint density at radius 2 is 2.05 bits per heavy atom. The van der Waals surface area contributed by atoms with Crippen molar-refractivity contribution in [1.29, 1.82) is 0 Å². The van der Waals surface area contributed by atoms with Crippen molar-refractivity contribution in [2.24, 2.45) is 11.7 Å². The molecule has 0 saturated heterocycles. The number of amides is 1. The number of nitrogens with two attached hydrogens (primary N) is 1. The average molecular weight is 276 g/mol. The molecule has 0 saturated carbocycles. The monoisotopic (exact) mass is 276 g/mol. The van der Waals surface area contributed by atoms with Crippen LogP contribution in [0.2, 0.25) is 0 Å². The summed E-state index contributed by atoms with van der Waals surface area (Å²) in [6.45, 7) is 6.24. The van der Waals surface area contributed by atoms with Crippen LogP contribution in [0.3, 0.4) is 0 Å². The first-order chi connectivity index (χ1) is 9.38. The van der Waals surface area contributed by atoms with E-state index >= 15 is 0 Å². The summed E-state index contributed by atoms with van der Waals surface area (Å²) in [5.41, 5.74) is 6.12. The van der Waals surface area contributed by atoms with Gasteiger partial charge in [-0.3, -0.25) is 4.79 Å². The highest BCUT2D eigenvalue weighted by atomic mass is 19.1. The second-order valence-electron chi connectivity index (χ2n) is 5.10. The van der Waals surface area contributed by atoms with Crippen LogP contribution in [0.1, 0.15) is 36.7 Å². The summed E-state index contributed by atoms with van der Waals surface area (Å²) in [6.07, 6.45) is 0. The van der Waals surface area contributed by atoms with Crippen LogP contribution in [0.15, 0.2) is 18.2 Å². The first-order valence-corrected chi connectivity index (χ1v) is 6.64. The van der Waals surface area contributed by atoms with Crippen LogP contribution >= 0.6 is 0 Å². The Labute approximate surface area is 120 Å². The predicted octanol–water partition coefficient (Wildman–Crippen LogP) is 2.25. The first kappa shape index (κ1) is 16.2. The van der Waals surface area contributed by atoms with Crippen molar-refractivity contribution in [3.05, 3.63) is 35.1 Å². The number of nitrogens with zero attached hydrogens (tertiary/aromatic N) is 1. The van der Waals surface area contributed by atoms with Crippen molar-refractivity contribution in [3.8, 4) is 11.8 Å². The Kier molecular flexibility index (Phi) is 5.72. The van der Waals surface area contributed by atoms with Crippen LogP contribution in [0.5, 0.6) is 0 Å². The van der Waals surface area contributed by atoms with Gasteiger partial charge in [-0.2, -0.15) is 0 Å². The van der Waals surface area contributed by atoms with Gasteiger partial charge in [0.2, 0.25) is 0 Å². The van der Waals surface area contributed by atoms with E-state index in [0.717, 1.165) is 0 Å². The minimum atomic E-state index is -0.447. The highest BCUT2D eigenvalue weighted by Crippen LogP contribution is 2.16. The number of benzene rings is 1.